The number of rotatable bonds is 3. The standard InChI is InChI=1S/C18H14BrN3O4/c1-25-17(23)11-5-3-4-10-22(16(11)18(24)26-2)13-7-6-12(19)14-15(13)21-9-8-20-14/h3-10H,1-2H3. The summed E-state index contributed by atoms with van der Waals surface area (Å²) in [6.45, 7) is 0. The summed E-state index contributed by atoms with van der Waals surface area (Å²) in [7, 11) is 2.50. The molecule has 0 unspecified atom stereocenters. The first-order valence-corrected chi connectivity index (χ1v) is 8.32. The number of benzene rings is 1. The van der Waals surface area contributed by atoms with Gasteiger partial charge in [-0.25, -0.2) is 9.59 Å². The summed E-state index contributed by atoms with van der Waals surface area (Å²) in [5.41, 5.74) is 1.85. The van der Waals surface area contributed by atoms with Crippen molar-refractivity contribution in [2.75, 3.05) is 19.1 Å². The fourth-order valence-electron chi connectivity index (χ4n) is 2.56. The lowest BCUT2D eigenvalue weighted by atomic mass is 10.1. The number of aromatic nitrogens is 2. The third-order valence-corrected chi connectivity index (χ3v) is 4.34. The van der Waals surface area contributed by atoms with Crippen molar-refractivity contribution in [2.45, 2.75) is 0 Å². The number of hydrogen-bond donors (Lipinski definition) is 0. The van der Waals surface area contributed by atoms with Crippen LogP contribution >= 0.6 is 15.9 Å². The molecular weight excluding hydrogens is 402 g/mol. The Morgan fingerprint density at radius 1 is 1.00 bits per heavy atom. The van der Waals surface area contributed by atoms with Crippen LogP contribution in [0.4, 0.5) is 5.69 Å². The Morgan fingerprint density at radius 3 is 2.38 bits per heavy atom. The molecule has 0 N–H and O–H groups in total. The second-order valence-corrected chi connectivity index (χ2v) is 5.99. The third kappa shape index (κ3) is 3.11. The number of ether oxygens (including phenoxy) is 2. The second-order valence-electron chi connectivity index (χ2n) is 5.14. The molecule has 1 aliphatic heterocycles. The Kier molecular flexibility index (Phi) is 5.13. The van der Waals surface area contributed by atoms with E-state index in [9.17, 15) is 9.59 Å². The number of esters is 2. The van der Waals surface area contributed by atoms with E-state index < -0.39 is 11.9 Å². The van der Waals surface area contributed by atoms with E-state index in [-0.39, 0.29) is 11.3 Å². The van der Waals surface area contributed by atoms with Gasteiger partial charge >= 0.3 is 11.9 Å². The minimum Gasteiger partial charge on any atom is -0.465 e. The molecule has 3 rings (SSSR count). The maximum Gasteiger partial charge on any atom is 0.355 e. The normalized spacial score (nSPS) is 13.7. The van der Waals surface area contributed by atoms with E-state index in [4.69, 9.17) is 9.47 Å². The maximum atomic E-state index is 12.5. The van der Waals surface area contributed by atoms with E-state index in [1.165, 1.54) is 20.3 Å². The van der Waals surface area contributed by atoms with Crippen LogP contribution in [0.3, 0.4) is 0 Å². The SMILES string of the molecule is COC(=O)C1=C(C(=O)OC)N(c2ccc(Br)c3nccnc23)C=CC=C1. The smallest absolute Gasteiger partial charge is 0.355 e. The molecule has 8 heteroatoms. The van der Waals surface area contributed by atoms with Gasteiger partial charge in [0.25, 0.3) is 0 Å². The highest BCUT2D eigenvalue weighted by Gasteiger charge is 2.28. The van der Waals surface area contributed by atoms with Gasteiger partial charge in [0.1, 0.15) is 16.7 Å². The molecule has 2 aromatic rings. The van der Waals surface area contributed by atoms with E-state index in [2.05, 4.69) is 25.9 Å². The number of anilines is 1. The Balaban J connectivity index is 2.30. The topological polar surface area (TPSA) is 81.6 Å². The number of fused-ring (bicyclic) bond motifs is 1. The molecule has 0 bridgehead atoms. The van der Waals surface area contributed by atoms with Crippen LogP contribution < -0.4 is 4.90 Å². The number of halogens is 1. The molecule has 1 aliphatic rings. The van der Waals surface area contributed by atoms with Gasteiger partial charge in [0.05, 0.1) is 25.5 Å². The predicted molar refractivity (Wildman–Crippen MR) is 99.1 cm³/mol. The zero-order valence-corrected chi connectivity index (χ0v) is 15.6. The number of methoxy groups -OCH3 is 2. The predicted octanol–water partition coefficient (Wildman–Crippen LogP) is 2.88. The lowest BCUT2D eigenvalue weighted by Crippen LogP contribution is -2.27. The highest BCUT2D eigenvalue weighted by molar-refractivity contribution is 9.10. The van der Waals surface area contributed by atoms with Crippen LogP contribution in [0.15, 0.2) is 64.7 Å². The third-order valence-electron chi connectivity index (χ3n) is 3.70. The zero-order valence-electron chi connectivity index (χ0n) is 14.0. The van der Waals surface area contributed by atoms with Gasteiger partial charge in [-0.05, 0) is 40.2 Å². The van der Waals surface area contributed by atoms with Crippen molar-refractivity contribution in [1.29, 1.82) is 0 Å². The average molecular weight is 416 g/mol. The van der Waals surface area contributed by atoms with E-state index in [0.29, 0.717) is 16.7 Å². The number of hydrogen-bond acceptors (Lipinski definition) is 7. The zero-order chi connectivity index (χ0) is 18.7. The summed E-state index contributed by atoms with van der Waals surface area (Å²) in [6, 6.07) is 3.57. The molecule has 26 heavy (non-hydrogen) atoms. The van der Waals surface area contributed by atoms with Crippen molar-refractivity contribution in [2.24, 2.45) is 0 Å². The van der Waals surface area contributed by atoms with Crippen LogP contribution in [0, 0.1) is 0 Å². The molecule has 0 fully saturated rings. The molecule has 0 spiro atoms. The lowest BCUT2D eigenvalue weighted by Gasteiger charge is -2.24. The maximum absolute atomic E-state index is 12.5. The molecule has 0 aliphatic carbocycles. The van der Waals surface area contributed by atoms with E-state index in [1.54, 1.807) is 47.8 Å². The van der Waals surface area contributed by atoms with Gasteiger partial charge < -0.3 is 14.4 Å². The number of carbonyl (C=O) groups is 2. The van der Waals surface area contributed by atoms with Crippen LogP contribution in [0.25, 0.3) is 11.0 Å². The minimum atomic E-state index is -0.679. The van der Waals surface area contributed by atoms with Gasteiger partial charge in [0, 0.05) is 23.1 Å². The van der Waals surface area contributed by atoms with Crippen molar-refractivity contribution in [1.82, 2.24) is 9.97 Å². The summed E-state index contributed by atoms with van der Waals surface area (Å²) in [5, 5.41) is 0. The number of carbonyl (C=O) groups excluding carboxylic acids is 2. The summed E-state index contributed by atoms with van der Waals surface area (Å²) < 4.78 is 10.5. The highest BCUT2D eigenvalue weighted by atomic mass is 79.9. The molecule has 0 amide bonds. The van der Waals surface area contributed by atoms with Gasteiger partial charge in [0.15, 0.2) is 0 Å². The van der Waals surface area contributed by atoms with Gasteiger partial charge in [-0.1, -0.05) is 6.08 Å². The molecule has 132 valence electrons. The molecule has 0 saturated heterocycles. The van der Waals surface area contributed by atoms with Gasteiger partial charge in [-0.2, -0.15) is 0 Å². The van der Waals surface area contributed by atoms with Crippen LogP contribution in [0.5, 0.6) is 0 Å². The van der Waals surface area contributed by atoms with E-state index in [1.807, 2.05) is 0 Å². The second kappa shape index (κ2) is 7.49. The Labute approximate surface area is 157 Å². The molecular formula is C18H14BrN3O4. The molecule has 0 atom stereocenters. The van der Waals surface area contributed by atoms with Crippen LogP contribution in [-0.4, -0.2) is 36.1 Å². The number of nitrogens with zero attached hydrogens (tertiary/aromatic N) is 3. The summed E-state index contributed by atoms with van der Waals surface area (Å²) in [4.78, 5) is 35.0. The van der Waals surface area contributed by atoms with Crippen LogP contribution in [0.2, 0.25) is 0 Å². The monoisotopic (exact) mass is 415 g/mol. The first-order valence-electron chi connectivity index (χ1n) is 7.52. The van der Waals surface area contributed by atoms with Crippen molar-refractivity contribution < 1.29 is 19.1 Å². The molecule has 2 heterocycles. The first-order chi connectivity index (χ1) is 12.6. The largest absolute Gasteiger partial charge is 0.465 e. The highest BCUT2D eigenvalue weighted by Crippen LogP contribution is 2.33. The molecule has 7 nitrogen and oxygen atoms in total. The minimum absolute atomic E-state index is 0.0265. The van der Waals surface area contributed by atoms with E-state index >= 15 is 0 Å². The van der Waals surface area contributed by atoms with Crippen LogP contribution in [-0.2, 0) is 19.1 Å². The fourth-order valence-corrected chi connectivity index (χ4v) is 2.98. The Bertz CT molecular complexity index is 982. The number of allylic oxidation sites excluding steroid dienone is 2. The average Bonchev–Trinajstić information content (AvgIpc) is 2.90. The van der Waals surface area contributed by atoms with E-state index in [0.717, 1.165) is 4.47 Å². The fraction of sp³-hybridized carbons (Fsp3) is 0.111. The van der Waals surface area contributed by atoms with Crippen molar-refractivity contribution >= 4 is 44.6 Å². The molecule has 1 aromatic carbocycles. The lowest BCUT2D eigenvalue weighted by molar-refractivity contribution is -0.139. The van der Waals surface area contributed by atoms with Crippen molar-refractivity contribution in [3.8, 4) is 0 Å². The van der Waals surface area contributed by atoms with Crippen LogP contribution in [0.1, 0.15) is 0 Å². The van der Waals surface area contributed by atoms with Gasteiger partial charge in [-0.3, -0.25) is 9.97 Å². The first kappa shape index (κ1) is 17.8. The molecule has 1 aromatic heterocycles. The Hall–Kier alpha value is -3.00. The molecule has 0 saturated carbocycles. The van der Waals surface area contributed by atoms with Crippen molar-refractivity contribution in [3.05, 3.63) is 64.7 Å². The summed E-state index contributed by atoms with van der Waals surface area (Å²) in [5.74, 6) is -1.33. The Morgan fingerprint density at radius 2 is 1.69 bits per heavy atom. The quantitative estimate of drug-likeness (QED) is 0.712. The van der Waals surface area contributed by atoms with Gasteiger partial charge in [0.2, 0.25) is 0 Å². The molecule has 0 radical (unpaired) electrons. The summed E-state index contributed by atoms with van der Waals surface area (Å²) in [6.07, 6.45) is 9.62. The van der Waals surface area contributed by atoms with Crippen molar-refractivity contribution in [3.63, 3.8) is 0 Å². The van der Waals surface area contributed by atoms with Gasteiger partial charge in [-0.15, -0.1) is 0 Å². The summed E-state index contributed by atoms with van der Waals surface area (Å²) >= 11 is 3.45.